The molecule has 122 valence electrons. The maximum Gasteiger partial charge on any atom is 0.272 e. The summed E-state index contributed by atoms with van der Waals surface area (Å²) in [6.07, 6.45) is 0.711. The number of fused-ring (bicyclic) bond motifs is 1. The Bertz CT molecular complexity index is 739. The van der Waals surface area contributed by atoms with Crippen molar-refractivity contribution in [2.75, 3.05) is 6.61 Å². The van der Waals surface area contributed by atoms with E-state index in [1.54, 1.807) is 10.7 Å². The second-order valence-corrected chi connectivity index (χ2v) is 6.46. The van der Waals surface area contributed by atoms with E-state index < -0.39 is 0 Å². The Morgan fingerprint density at radius 3 is 2.96 bits per heavy atom. The number of carbonyl (C=O) groups excluding carboxylic acids is 1. The number of nitrogens with zero attached hydrogens (tertiary/aromatic N) is 2. The summed E-state index contributed by atoms with van der Waals surface area (Å²) in [6, 6.07) is 7.32. The van der Waals surface area contributed by atoms with Crippen molar-refractivity contribution in [2.24, 2.45) is 7.05 Å². The number of carbonyl (C=O) groups is 1. The van der Waals surface area contributed by atoms with Crippen LogP contribution in [0.4, 0.5) is 0 Å². The van der Waals surface area contributed by atoms with Crippen molar-refractivity contribution >= 4 is 17.5 Å². The minimum atomic E-state index is -0.176. The zero-order valence-electron chi connectivity index (χ0n) is 13.5. The van der Waals surface area contributed by atoms with Gasteiger partial charge in [-0.1, -0.05) is 37.6 Å². The van der Waals surface area contributed by atoms with Crippen LogP contribution in [0.1, 0.15) is 54.0 Å². The summed E-state index contributed by atoms with van der Waals surface area (Å²) in [6.45, 7) is 4.69. The smallest absolute Gasteiger partial charge is 0.272 e. The van der Waals surface area contributed by atoms with Crippen LogP contribution in [0.3, 0.4) is 0 Å². The molecule has 2 aromatic rings. The first-order valence-electron chi connectivity index (χ1n) is 7.73. The van der Waals surface area contributed by atoms with Crippen molar-refractivity contribution in [3.05, 3.63) is 46.2 Å². The maximum absolute atomic E-state index is 12.5. The van der Waals surface area contributed by atoms with Gasteiger partial charge in [-0.25, -0.2) is 0 Å². The molecule has 0 saturated carbocycles. The number of amides is 1. The van der Waals surface area contributed by atoms with Crippen LogP contribution in [-0.2, 0) is 7.05 Å². The first-order valence-corrected chi connectivity index (χ1v) is 8.11. The Kier molecular flexibility index (Phi) is 4.31. The van der Waals surface area contributed by atoms with Gasteiger partial charge in [0.15, 0.2) is 0 Å². The first kappa shape index (κ1) is 15.9. The van der Waals surface area contributed by atoms with Gasteiger partial charge in [0.05, 0.1) is 17.7 Å². The predicted octanol–water partition coefficient (Wildman–Crippen LogP) is 3.45. The van der Waals surface area contributed by atoms with Crippen LogP contribution in [0.15, 0.2) is 24.3 Å². The highest BCUT2D eigenvalue weighted by Gasteiger charge is 2.26. The lowest BCUT2D eigenvalue weighted by molar-refractivity contribution is 0.0919. The van der Waals surface area contributed by atoms with E-state index in [1.165, 1.54) is 0 Å². The summed E-state index contributed by atoms with van der Waals surface area (Å²) in [5.74, 6) is 0.802. The minimum absolute atomic E-state index is 0.116. The minimum Gasteiger partial charge on any atom is -0.492 e. The summed E-state index contributed by atoms with van der Waals surface area (Å²) in [5.41, 5.74) is 2.38. The van der Waals surface area contributed by atoms with Crippen molar-refractivity contribution in [1.29, 1.82) is 0 Å². The lowest BCUT2D eigenvalue weighted by Gasteiger charge is -2.27. The SMILES string of the molecule is CC(C)c1cc(C(=O)N[C@@H]2CCOc3c(Cl)cccc32)nn1C. The fraction of sp³-hybridized carbons (Fsp3) is 0.412. The highest BCUT2D eigenvalue weighted by Crippen LogP contribution is 2.37. The van der Waals surface area contributed by atoms with Gasteiger partial charge >= 0.3 is 0 Å². The van der Waals surface area contributed by atoms with Gasteiger partial charge in [-0.05, 0) is 18.1 Å². The third-order valence-electron chi connectivity index (χ3n) is 4.07. The molecule has 0 aliphatic carbocycles. The quantitative estimate of drug-likeness (QED) is 0.936. The summed E-state index contributed by atoms with van der Waals surface area (Å²) in [5, 5.41) is 7.93. The summed E-state index contributed by atoms with van der Waals surface area (Å²) < 4.78 is 7.38. The Balaban J connectivity index is 1.82. The predicted molar refractivity (Wildman–Crippen MR) is 89.1 cm³/mol. The second kappa shape index (κ2) is 6.24. The molecule has 1 aromatic heterocycles. The molecule has 1 aliphatic heterocycles. The number of para-hydroxylation sites is 1. The van der Waals surface area contributed by atoms with Gasteiger partial charge in [0.1, 0.15) is 11.4 Å². The average Bonchev–Trinajstić information content (AvgIpc) is 2.91. The van der Waals surface area contributed by atoms with Crippen molar-refractivity contribution in [3.63, 3.8) is 0 Å². The molecule has 0 spiro atoms. The normalized spacial score (nSPS) is 16.8. The van der Waals surface area contributed by atoms with Crippen LogP contribution >= 0.6 is 11.6 Å². The number of rotatable bonds is 3. The number of aromatic nitrogens is 2. The summed E-state index contributed by atoms with van der Waals surface area (Å²) >= 11 is 6.17. The fourth-order valence-electron chi connectivity index (χ4n) is 2.90. The Morgan fingerprint density at radius 1 is 1.48 bits per heavy atom. The first-order chi connectivity index (χ1) is 11.0. The molecule has 6 heteroatoms. The van der Waals surface area contributed by atoms with E-state index in [4.69, 9.17) is 16.3 Å². The molecule has 1 N–H and O–H groups in total. The maximum atomic E-state index is 12.5. The largest absolute Gasteiger partial charge is 0.492 e. The number of ether oxygens (including phenoxy) is 1. The molecular weight excluding hydrogens is 314 g/mol. The van der Waals surface area contributed by atoms with E-state index in [1.807, 2.05) is 25.2 Å². The van der Waals surface area contributed by atoms with E-state index in [9.17, 15) is 4.79 Å². The molecule has 1 atom stereocenters. The monoisotopic (exact) mass is 333 g/mol. The average molecular weight is 334 g/mol. The molecule has 0 bridgehead atoms. The Labute approximate surface area is 140 Å². The molecule has 5 nitrogen and oxygen atoms in total. The molecule has 3 rings (SSSR count). The van der Waals surface area contributed by atoms with E-state index >= 15 is 0 Å². The standard InChI is InChI=1S/C17H20ClN3O2/c1-10(2)15-9-14(20-21(15)3)17(22)19-13-7-8-23-16-11(13)5-4-6-12(16)18/h4-6,9-10,13H,7-8H2,1-3H3,(H,19,22)/t13-/m1/s1. The van der Waals surface area contributed by atoms with E-state index in [0.29, 0.717) is 35.4 Å². The van der Waals surface area contributed by atoms with E-state index in [0.717, 1.165) is 11.3 Å². The zero-order valence-corrected chi connectivity index (χ0v) is 14.2. The molecule has 0 saturated heterocycles. The molecule has 1 amide bonds. The van der Waals surface area contributed by atoms with Crippen LogP contribution in [0.25, 0.3) is 0 Å². The number of hydrogen-bond donors (Lipinski definition) is 1. The molecule has 0 fully saturated rings. The Morgan fingerprint density at radius 2 is 2.26 bits per heavy atom. The van der Waals surface area contributed by atoms with E-state index in [2.05, 4.69) is 24.3 Å². The highest BCUT2D eigenvalue weighted by atomic mass is 35.5. The van der Waals surface area contributed by atoms with Crippen molar-refractivity contribution in [1.82, 2.24) is 15.1 Å². The summed E-state index contributed by atoms with van der Waals surface area (Å²) in [7, 11) is 1.86. The number of benzene rings is 1. The summed E-state index contributed by atoms with van der Waals surface area (Å²) in [4.78, 5) is 12.5. The topological polar surface area (TPSA) is 56.1 Å². The third-order valence-corrected chi connectivity index (χ3v) is 4.37. The van der Waals surface area contributed by atoms with Crippen molar-refractivity contribution < 1.29 is 9.53 Å². The molecule has 0 radical (unpaired) electrons. The van der Waals surface area contributed by atoms with Crippen molar-refractivity contribution in [3.8, 4) is 5.75 Å². The Hall–Kier alpha value is -2.01. The van der Waals surface area contributed by atoms with Crippen LogP contribution in [0.5, 0.6) is 5.75 Å². The molecule has 1 aromatic carbocycles. The van der Waals surface area contributed by atoms with Crippen molar-refractivity contribution in [2.45, 2.75) is 32.2 Å². The van der Waals surface area contributed by atoms with Crippen LogP contribution < -0.4 is 10.1 Å². The van der Waals surface area contributed by atoms with Gasteiger partial charge in [-0.2, -0.15) is 5.10 Å². The zero-order chi connectivity index (χ0) is 16.6. The fourth-order valence-corrected chi connectivity index (χ4v) is 3.14. The number of nitrogens with one attached hydrogen (secondary N) is 1. The van der Waals surface area contributed by atoms with Gasteiger partial charge < -0.3 is 10.1 Å². The van der Waals surface area contributed by atoms with Gasteiger partial charge in [0.25, 0.3) is 5.91 Å². The molecule has 2 heterocycles. The highest BCUT2D eigenvalue weighted by molar-refractivity contribution is 6.32. The number of halogens is 1. The third kappa shape index (κ3) is 3.06. The number of hydrogen-bond acceptors (Lipinski definition) is 3. The molecule has 1 aliphatic rings. The van der Waals surface area contributed by atoms with Gasteiger partial charge in [-0.15, -0.1) is 0 Å². The molecular formula is C17H20ClN3O2. The van der Waals surface area contributed by atoms with Crippen LogP contribution in [0.2, 0.25) is 5.02 Å². The number of aryl methyl sites for hydroxylation is 1. The molecule has 0 unspecified atom stereocenters. The van der Waals surface area contributed by atoms with Crippen LogP contribution in [0, 0.1) is 0 Å². The lowest BCUT2D eigenvalue weighted by atomic mass is 10.0. The second-order valence-electron chi connectivity index (χ2n) is 6.05. The van der Waals surface area contributed by atoms with Crippen LogP contribution in [-0.4, -0.2) is 22.3 Å². The lowest BCUT2D eigenvalue weighted by Crippen LogP contribution is -2.32. The van der Waals surface area contributed by atoms with Gasteiger partial charge in [0, 0.05) is 24.7 Å². The van der Waals surface area contributed by atoms with E-state index in [-0.39, 0.29) is 11.9 Å². The molecule has 23 heavy (non-hydrogen) atoms. The van der Waals surface area contributed by atoms with Gasteiger partial charge in [-0.3, -0.25) is 9.48 Å². The van der Waals surface area contributed by atoms with Gasteiger partial charge in [0.2, 0.25) is 0 Å².